The number of ether oxygens (including phenoxy) is 2. The van der Waals surface area contributed by atoms with Crippen molar-refractivity contribution in [3.8, 4) is 17.0 Å². The lowest BCUT2D eigenvalue weighted by Gasteiger charge is -2.08. The standard InChI is InChI=1S/C28H24N2O3/c1-18-4-6-19(7-5-18)17-30-15-14-23-24-16-22(32-2)12-13-25(24)29-26(23)27(30)20-8-10-21(11-9-20)28(31)33-3/h4-16H,17H2,1-3H3/p+1. The molecule has 33 heavy (non-hydrogen) atoms. The number of carbonyl (C=O) groups excluding carboxylic acids is 1. The molecule has 0 bridgehead atoms. The zero-order chi connectivity index (χ0) is 22.9. The number of hydrogen-bond acceptors (Lipinski definition) is 3. The van der Waals surface area contributed by atoms with E-state index in [1.165, 1.54) is 18.2 Å². The van der Waals surface area contributed by atoms with Crippen molar-refractivity contribution < 1.29 is 18.8 Å². The molecule has 5 aromatic rings. The third kappa shape index (κ3) is 3.82. The lowest BCUT2D eigenvalue weighted by Crippen LogP contribution is -2.36. The van der Waals surface area contributed by atoms with Crippen LogP contribution in [0.3, 0.4) is 0 Å². The zero-order valence-electron chi connectivity index (χ0n) is 18.9. The second-order valence-corrected chi connectivity index (χ2v) is 8.17. The van der Waals surface area contributed by atoms with Crippen molar-refractivity contribution in [1.29, 1.82) is 0 Å². The molecule has 5 heteroatoms. The Kier molecular flexibility index (Phi) is 5.31. The number of aromatic nitrogens is 2. The number of pyridine rings is 1. The predicted octanol–water partition coefficient (Wildman–Crippen LogP) is 5.43. The van der Waals surface area contributed by atoms with Crippen LogP contribution in [0.5, 0.6) is 5.75 Å². The number of aryl methyl sites for hydroxylation is 1. The Morgan fingerprint density at radius 2 is 1.67 bits per heavy atom. The number of carbonyl (C=O) groups is 1. The first-order valence-corrected chi connectivity index (χ1v) is 10.8. The van der Waals surface area contributed by atoms with Crippen molar-refractivity contribution in [2.45, 2.75) is 13.5 Å². The van der Waals surface area contributed by atoms with Crippen LogP contribution in [-0.2, 0) is 11.3 Å². The Morgan fingerprint density at radius 3 is 2.36 bits per heavy atom. The summed E-state index contributed by atoms with van der Waals surface area (Å²) in [5.74, 6) is 0.480. The highest BCUT2D eigenvalue weighted by atomic mass is 16.5. The van der Waals surface area contributed by atoms with Crippen LogP contribution < -0.4 is 9.30 Å². The van der Waals surface area contributed by atoms with Gasteiger partial charge in [0.25, 0.3) is 0 Å². The van der Waals surface area contributed by atoms with Crippen molar-refractivity contribution >= 4 is 27.8 Å². The summed E-state index contributed by atoms with van der Waals surface area (Å²) in [4.78, 5) is 15.6. The minimum atomic E-state index is -0.343. The molecular formula is C28H25N2O3+. The predicted molar refractivity (Wildman–Crippen MR) is 130 cm³/mol. The minimum Gasteiger partial charge on any atom is -0.497 e. The molecular weight excluding hydrogens is 412 g/mol. The Morgan fingerprint density at radius 1 is 0.909 bits per heavy atom. The first-order chi connectivity index (χ1) is 16.1. The van der Waals surface area contributed by atoms with Crippen LogP contribution in [0, 0.1) is 6.92 Å². The number of aromatic amines is 1. The summed E-state index contributed by atoms with van der Waals surface area (Å²) in [6.45, 7) is 2.82. The number of methoxy groups -OCH3 is 2. The number of nitrogens with one attached hydrogen (secondary N) is 1. The van der Waals surface area contributed by atoms with E-state index >= 15 is 0 Å². The van der Waals surface area contributed by atoms with Gasteiger partial charge in [-0.2, -0.15) is 4.57 Å². The van der Waals surface area contributed by atoms with E-state index in [-0.39, 0.29) is 5.97 Å². The normalized spacial score (nSPS) is 11.1. The number of nitrogens with zero attached hydrogens (tertiary/aromatic N) is 1. The Labute approximate surface area is 192 Å². The molecule has 0 aliphatic carbocycles. The van der Waals surface area contributed by atoms with Crippen molar-refractivity contribution in [2.75, 3.05) is 14.2 Å². The van der Waals surface area contributed by atoms with Gasteiger partial charge in [0.05, 0.1) is 19.8 Å². The van der Waals surface area contributed by atoms with Crippen molar-refractivity contribution in [2.24, 2.45) is 0 Å². The molecule has 5 rings (SSSR count). The highest BCUT2D eigenvalue weighted by Crippen LogP contribution is 2.33. The molecule has 164 valence electrons. The average molecular weight is 438 g/mol. The molecule has 0 aliphatic rings. The van der Waals surface area contributed by atoms with Crippen LogP contribution in [0.4, 0.5) is 0 Å². The van der Waals surface area contributed by atoms with Crippen LogP contribution in [0.25, 0.3) is 33.1 Å². The monoisotopic (exact) mass is 437 g/mol. The van der Waals surface area contributed by atoms with E-state index in [0.717, 1.165) is 45.4 Å². The molecule has 5 nitrogen and oxygen atoms in total. The maximum Gasteiger partial charge on any atom is 0.337 e. The molecule has 0 atom stereocenters. The molecule has 0 amide bonds. The smallest absolute Gasteiger partial charge is 0.337 e. The fourth-order valence-corrected chi connectivity index (χ4v) is 4.28. The third-order valence-corrected chi connectivity index (χ3v) is 6.04. The number of rotatable bonds is 5. The Hall–Kier alpha value is -4.12. The largest absolute Gasteiger partial charge is 0.497 e. The summed E-state index contributed by atoms with van der Waals surface area (Å²) in [6.07, 6.45) is 2.12. The molecule has 0 radical (unpaired) electrons. The van der Waals surface area contributed by atoms with Gasteiger partial charge in [0.1, 0.15) is 11.3 Å². The molecule has 3 aromatic carbocycles. The summed E-state index contributed by atoms with van der Waals surface area (Å²) < 4.78 is 12.6. The number of esters is 1. The fourth-order valence-electron chi connectivity index (χ4n) is 4.28. The zero-order valence-corrected chi connectivity index (χ0v) is 18.9. The molecule has 0 saturated heterocycles. The van der Waals surface area contributed by atoms with Gasteiger partial charge in [0.2, 0.25) is 5.69 Å². The van der Waals surface area contributed by atoms with E-state index in [0.29, 0.717) is 5.56 Å². The van der Waals surface area contributed by atoms with Gasteiger partial charge in [-0.3, -0.25) is 0 Å². The van der Waals surface area contributed by atoms with Gasteiger partial charge in [0.15, 0.2) is 12.7 Å². The molecule has 0 spiro atoms. The van der Waals surface area contributed by atoms with Crippen LogP contribution in [0.2, 0.25) is 0 Å². The maximum atomic E-state index is 11.9. The lowest BCUT2D eigenvalue weighted by atomic mass is 10.0. The maximum absolute atomic E-state index is 11.9. The van der Waals surface area contributed by atoms with E-state index < -0.39 is 0 Å². The van der Waals surface area contributed by atoms with Gasteiger partial charge in [-0.15, -0.1) is 0 Å². The van der Waals surface area contributed by atoms with E-state index in [9.17, 15) is 4.79 Å². The summed E-state index contributed by atoms with van der Waals surface area (Å²) in [5.41, 5.74) is 7.14. The van der Waals surface area contributed by atoms with Crippen LogP contribution in [-0.4, -0.2) is 25.2 Å². The molecule has 1 N–H and O–H groups in total. The van der Waals surface area contributed by atoms with Crippen LogP contribution in [0.15, 0.2) is 79.0 Å². The second-order valence-electron chi connectivity index (χ2n) is 8.17. The second kappa shape index (κ2) is 8.43. The Balaban J connectivity index is 1.72. The van der Waals surface area contributed by atoms with Gasteiger partial charge in [-0.25, -0.2) is 4.79 Å². The van der Waals surface area contributed by atoms with E-state index in [1.807, 2.05) is 36.4 Å². The first-order valence-electron chi connectivity index (χ1n) is 10.8. The van der Waals surface area contributed by atoms with E-state index in [1.54, 1.807) is 7.11 Å². The van der Waals surface area contributed by atoms with Crippen LogP contribution >= 0.6 is 0 Å². The van der Waals surface area contributed by atoms with E-state index in [4.69, 9.17) is 9.47 Å². The number of fused-ring (bicyclic) bond motifs is 3. The van der Waals surface area contributed by atoms with Gasteiger partial charge < -0.3 is 14.5 Å². The fraction of sp³-hybridized carbons (Fsp3) is 0.143. The Bertz CT molecular complexity index is 1470. The van der Waals surface area contributed by atoms with Gasteiger partial charge in [0, 0.05) is 33.5 Å². The topological polar surface area (TPSA) is 55.2 Å². The number of benzene rings is 3. The minimum absolute atomic E-state index is 0.343. The summed E-state index contributed by atoms with van der Waals surface area (Å²) in [5, 5.41) is 2.23. The molecule has 0 aliphatic heterocycles. The van der Waals surface area contributed by atoms with E-state index in [2.05, 4.69) is 59.1 Å². The average Bonchev–Trinajstić information content (AvgIpc) is 3.22. The van der Waals surface area contributed by atoms with Crippen molar-refractivity contribution in [3.63, 3.8) is 0 Å². The molecule has 0 unspecified atom stereocenters. The summed E-state index contributed by atoms with van der Waals surface area (Å²) >= 11 is 0. The number of H-pyrrole nitrogens is 1. The SMILES string of the molecule is COC(=O)c1ccc(-c2c3[nH]c4ccc(OC)cc4c3cc[n+]2Cc2ccc(C)cc2)cc1. The lowest BCUT2D eigenvalue weighted by molar-refractivity contribution is -0.676. The van der Waals surface area contributed by atoms with Crippen LogP contribution in [0.1, 0.15) is 21.5 Å². The highest BCUT2D eigenvalue weighted by molar-refractivity contribution is 6.10. The molecule has 2 heterocycles. The van der Waals surface area contributed by atoms with Crippen molar-refractivity contribution in [3.05, 3.63) is 95.7 Å². The molecule has 0 saturated carbocycles. The summed E-state index contributed by atoms with van der Waals surface area (Å²) in [7, 11) is 3.07. The van der Waals surface area contributed by atoms with Gasteiger partial charge >= 0.3 is 5.97 Å². The summed E-state index contributed by atoms with van der Waals surface area (Å²) in [6, 6.07) is 24.4. The molecule has 0 fully saturated rings. The number of hydrogen-bond donors (Lipinski definition) is 1. The third-order valence-electron chi connectivity index (χ3n) is 6.04. The van der Waals surface area contributed by atoms with Gasteiger partial charge in [-0.1, -0.05) is 29.8 Å². The first kappa shape index (κ1) is 20.8. The quantitative estimate of drug-likeness (QED) is 0.295. The van der Waals surface area contributed by atoms with Crippen molar-refractivity contribution in [1.82, 2.24) is 4.98 Å². The van der Waals surface area contributed by atoms with Gasteiger partial charge in [-0.05, 0) is 49.4 Å². The molecule has 2 aromatic heterocycles. The highest BCUT2D eigenvalue weighted by Gasteiger charge is 2.22.